The third-order valence-corrected chi connectivity index (χ3v) is 5.51. The molecule has 7 nitrogen and oxygen atoms in total. The van der Waals surface area contributed by atoms with Crippen molar-refractivity contribution in [2.75, 3.05) is 13.2 Å². The average Bonchev–Trinajstić information content (AvgIpc) is 2.72. The SMILES string of the molecule is O=[N+]([O-])c1cc(S(=O)(=O)NCCCCCO)sc1Cl. The Balaban J connectivity index is 2.67. The van der Waals surface area contributed by atoms with Gasteiger partial charge in [-0.15, -0.1) is 11.3 Å². The van der Waals surface area contributed by atoms with Crippen LogP contribution in [0, 0.1) is 10.1 Å². The molecule has 0 aromatic carbocycles. The summed E-state index contributed by atoms with van der Waals surface area (Å²) in [7, 11) is -3.77. The fraction of sp³-hybridized carbons (Fsp3) is 0.556. The normalized spacial score (nSPS) is 11.7. The largest absolute Gasteiger partial charge is 0.396 e. The van der Waals surface area contributed by atoms with Crippen LogP contribution in [-0.2, 0) is 10.0 Å². The van der Waals surface area contributed by atoms with E-state index in [1.165, 1.54) is 0 Å². The van der Waals surface area contributed by atoms with Gasteiger partial charge in [-0.05, 0) is 19.3 Å². The Kier molecular flexibility index (Phi) is 6.14. The van der Waals surface area contributed by atoms with Crippen LogP contribution < -0.4 is 4.72 Å². The zero-order valence-electron chi connectivity index (χ0n) is 9.83. The molecule has 1 rings (SSSR count). The maximum atomic E-state index is 11.8. The molecule has 0 fully saturated rings. The molecule has 1 heterocycles. The van der Waals surface area contributed by atoms with Gasteiger partial charge in [-0.1, -0.05) is 11.6 Å². The first kappa shape index (κ1) is 16.3. The van der Waals surface area contributed by atoms with Crippen LogP contribution in [0.1, 0.15) is 19.3 Å². The predicted molar refractivity (Wildman–Crippen MR) is 72.1 cm³/mol. The summed E-state index contributed by atoms with van der Waals surface area (Å²) in [6, 6.07) is 0.947. The van der Waals surface area contributed by atoms with E-state index in [1.807, 2.05) is 0 Å². The Labute approximate surface area is 119 Å². The van der Waals surface area contributed by atoms with E-state index in [9.17, 15) is 18.5 Å². The Morgan fingerprint density at radius 3 is 2.63 bits per heavy atom. The fourth-order valence-electron chi connectivity index (χ4n) is 1.29. The molecule has 0 atom stereocenters. The number of rotatable bonds is 8. The van der Waals surface area contributed by atoms with Crippen LogP contribution in [0.15, 0.2) is 10.3 Å². The minimum absolute atomic E-state index is 0.0689. The maximum absolute atomic E-state index is 11.8. The van der Waals surface area contributed by atoms with Crippen molar-refractivity contribution in [2.45, 2.75) is 23.5 Å². The number of aliphatic hydroxyl groups excluding tert-OH is 1. The highest BCUT2D eigenvalue weighted by molar-refractivity contribution is 7.91. The summed E-state index contributed by atoms with van der Waals surface area (Å²) in [5, 5.41) is 19.2. The summed E-state index contributed by atoms with van der Waals surface area (Å²) in [5.74, 6) is 0. The van der Waals surface area contributed by atoms with E-state index in [0.717, 1.165) is 6.07 Å². The first-order valence-corrected chi connectivity index (χ1v) is 8.10. The van der Waals surface area contributed by atoms with Crippen LogP contribution in [0.4, 0.5) is 5.69 Å². The Morgan fingerprint density at radius 1 is 1.42 bits per heavy atom. The molecule has 0 saturated carbocycles. The number of hydrogen-bond acceptors (Lipinski definition) is 6. The first-order chi connectivity index (χ1) is 8.88. The molecular formula is C9H13ClN2O5S2. The van der Waals surface area contributed by atoms with Crippen molar-refractivity contribution in [3.05, 3.63) is 20.5 Å². The molecule has 108 valence electrons. The molecule has 10 heteroatoms. The molecule has 0 spiro atoms. The van der Waals surface area contributed by atoms with E-state index < -0.39 is 20.6 Å². The van der Waals surface area contributed by atoms with Crippen molar-refractivity contribution in [1.82, 2.24) is 4.72 Å². The van der Waals surface area contributed by atoms with E-state index >= 15 is 0 Å². The van der Waals surface area contributed by atoms with Gasteiger partial charge in [-0.3, -0.25) is 10.1 Å². The number of unbranched alkanes of at least 4 members (excludes halogenated alkanes) is 2. The molecule has 1 aromatic rings. The van der Waals surface area contributed by atoms with Crippen LogP contribution in [0.25, 0.3) is 0 Å². The van der Waals surface area contributed by atoms with Crippen LogP contribution in [0.5, 0.6) is 0 Å². The number of nitrogens with one attached hydrogen (secondary N) is 1. The van der Waals surface area contributed by atoms with Gasteiger partial charge in [0.25, 0.3) is 5.69 Å². The highest BCUT2D eigenvalue weighted by atomic mass is 35.5. The summed E-state index contributed by atoms with van der Waals surface area (Å²) >= 11 is 6.26. The smallest absolute Gasteiger partial charge is 0.300 e. The number of halogens is 1. The molecule has 0 aliphatic heterocycles. The molecule has 1 aromatic heterocycles. The molecule has 2 N–H and O–H groups in total. The van der Waals surface area contributed by atoms with Crippen LogP contribution in [-0.4, -0.2) is 31.6 Å². The lowest BCUT2D eigenvalue weighted by Gasteiger charge is -2.03. The molecule has 0 radical (unpaired) electrons. The van der Waals surface area contributed by atoms with E-state index in [-0.39, 0.29) is 21.7 Å². The summed E-state index contributed by atoms with van der Waals surface area (Å²) in [6.07, 6.45) is 1.89. The molecule has 0 saturated heterocycles. The number of thiophene rings is 1. The quantitative estimate of drug-likeness (QED) is 0.429. The van der Waals surface area contributed by atoms with Gasteiger partial charge in [0, 0.05) is 19.2 Å². The fourth-order valence-corrected chi connectivity index (χ4v) is 4.07. The standard InChI is InChI=1S/C9H13ClN2O5S2/c10-9-7(12(14)15)6-8(18-9)19(16,17)11-4-2-1-3-5-13/h6,11,13H,1-5H2. The van der Waals surface area contributed by atoms with Crippen molar-refractivity contribution in [3.63, 3.8) is 0 Å². The second-order valence-electron chi connectivity index (χ2n) is 3.66. The maximum Gasteiger partial charge on any atom is 0.300 e. The molecule has 0 amide bonds. The predicted octanol–water partition coefficient (Wildman–Crippen LogP) is 1.75. The van der Waals surface area contributed by atoms with Crippen molar-refractivity contribution in [1.29, 1.82) is 0 Å². The van der Waals surface area contributed by atoms with Gasteiger partial charge in [-0.25, -0.2) is 13.1 Å². The number of sulfonamides is 1. The molecule has 0 aliphatic carbocycles. The van der Waals surface area contributed by atoms with E-state index in [1.54, 1.807) is 0 Å². The van der Waals surface area contributed by atoms with Gasteiger partial charge in [0.2, 0.25) is 10.0 Å². The molecule has 0 unspecified atom stereocenters. The first-order valence-electron chi connectivity index (χ1n) is 5.42. The van der Waals surface area contributed by atoms with E-state index in [2.05, 4.69) is 4.72 Å². The van der Waals surface area contributed by atoms with Crippen molar-refractivity contribution in [3.8, 4) is 0 Å². The number of hydrogen-bond donors (Lipinski definition) is 2. The third kappa shape index (κ3) is 4.69. The summed E-state index contributed by atoms with van der Waals surface area (Å²) in [4.78, 5) is 9.86. The van der Waals surface area contributed by atoms with Gasteiger partial charge in [-0.2, -0.15) is 0 Å². The van der Waals surface area contributed by atoms with Gasteiger partial charge in [0.15, 0.2) is 4.34 Å². The van der Waals surface area contributed by atoms with Gasteiger partial charge in [0.1, 0.15) is 4.21 Å². The lowest BCUT2D eigenvalue weighted by atomic mass is 10.2. The van der Waals surface area contributed by atoms with Crippen molar-refractivity contribution in [2.24, 2.45) is 0 Å². The average molecular weight is 329 g/mol. The topological polar surface area (TPSA) is 110 Å². The third-order valence-electron chi connectivity index (χ3n) is 2.23. The van der Waals surface area contributed by atoms with Crippen LogP contribution in [0.3, 0.4) is 0 Å². The highest BCUT2D eigenvalue weighted by Crippen LogP contribution is 2.35. The minimum Gasteiger partial charge on any atom is -0.396 e. The Morgan fingerprint density at radius 2 is 2.11 bits per heavy atom. The molecule has 19 heavy (non-hydrogen) atoms. The van der Waals surface area contributed by atoms with Crippen LogP contribution >= 0.6 is 22.9 Å². The highest BCUT2D eigenvalue weighted by Gasteiger charge is 2.24. The summed E-state index contributed by atoms with van der Waals surface area (Å²) in [6.45, 7) is 0.283. The second kappa shape index (κ2) is 7.15. The molecule has 0 bridgehead atoms. The lowest BCUT2D eigenvalue weighted by molar-refractivity contribution is -0.384. The Bertz CT molecular complexity index is 543. The van der Waals surface area contributed by atoms with Crippen molar-refractivity contribution < 1.29 is 18.4 Å². The lowest BCUT2D eigenvalue weighted by Crippen LogP contribution is -2.24. The summed E-state index contributed by atoms with van der Waals surface area (Å²) in [5.41, 5.74) is -0.410. The number of aliphatic hydroxyl groups is 1. The minimum atomic E-state index is -3.77. The van der Waals surface area contributed by atoms with Crippen LogP contribution in [0.2, 0.25) is 4.34 Å². The zero-order chi connectivity index (χ0) is 14.5. The number of nitrogens with zero attached hydrogens (tertiary/aromatic N) is 1. The second-order valence-corrected chi connectivity index (χ2v) is 7.31. The van der Waals surface area contributed by atoms with Gasteiger partial charge >= 0.3 is 0 Å². The number of nitro groups is 1. The van der Waals surface area contributed by atoms with Gasteiger partial charge < -0.3 is 5.11 Å². The molecular weight excluding hydrogens is 316 g/mol. The van der Waals surface area contributed by atoms with Crippen molar-refractivity contribution >= 4 is 38.6 Å². The van der Waals surface area contributed by atoms with E-state index in [0.29, 0.717) is 30.6 Å². The monoisotopic (exact) mass is 328 g/mol. The molecule has 0 aliphatic rings. The van der Waals surface area contributed by atoms with Gasteiger partial charge in [0.05, 0.1) is 4.92 Å². The Hall–Kier alpha value is -0.740. The van der Waals surface area contributed by atoms with E-state index in [4.69, 9.17) is 16.7 Å². The summed E-state index contributed by atoms with van der Waals surface area (Å²) < 4.78 is 25.6. The zero-order valence-corrected chi connectivity index (χ0v) is 12.2.